The maximum Gasteiger partial charge on any atom is 0.256 e. The van der Waals surface area contributed by atoms with Gasteiger partial charge in [-0.1, -0.05) is 6.07 Å². The number of rotatable bonds is 4. The number of thiophene rings is 1. The molecule has 1 aromatic carbocycles. The summed E-state index contributed by atoms with van der Waals surface area (Å²) in [5.41, 5.74) is 1.72. The summed E-state index contributed by atoms with van der Waals surface area (Å²) in [4.78, 5) is 14.6. The predicted molar refractivity (Wildman–Crippen MR) is 93.8 cm³/mol. The second kappa shape index (κ2) is 6.43. The lowest BCUT2D eigenvalue weighted by Gasteiger charge is -2.15. The molecule has 0 saturated heterocycles. The van der Waals surface area contributed by atoms with Crippen LogP contribution in [0, 0.1) is 20.8 Å². The van der Waals surface area contributed by atoms with Crippen molar-refractivity contribution in [2.24, 2.45) is 0 Å². The van der Waals surface area contributed by atoms with Crippen molar-refractivity contribution in [2.45, 2.75) is 25.7 Å². The topological polar surface area (TPSA) is 66.5 Å². The van der Waals surface area contributed by atoms with Crippen LogP contribution in [0.15, 0.2) is 29.2 Å². The Kier molecular flexibility index (Phi) is 4.93. The largest absolute Gasteiger partial charge is 0.322 e. The highest BCUT2D eigenvalue weighted by atomic mass is 32.2. The van der Waals surface area contributed by atoms with Crippen LogP contribution in [-0.4, -0.2) is 32.7 Å². The molecular weight excluding hydrogens is 332 g/mol. The Morgan fingerprint density at radius 2 is 1.78 bits per heavy atom. The summed E-state index contributed by atoms with van der Waals surface area (Å²) in [5.74, 6) is -0.232. The molecule has 7 heteroatoms. The Morgan fingerprint density at radius 1 is 1.13 bits per heavy atom. The van der Waals surface area contributed by atoms with Gasteiger partial charge in [0.2, 0.25) is 10.0 Å². The first-order chi connectivity index (χ1) is 10.6. The van der Waals surface area contributed by atoms with E-state index in [1.807, 2.05) is 19.9 Å². The monoisotopic (exact) mass is 352 g/mol. The number of nitrogens with zero attached hydrogens (tertiary/aromatic N) is 1. The van der Waals surface area contributed by atoms with E-state index in [1.165, 1.54) is 20.2 Å². The maximum atomic E-state index is 12.4. The van der Waals surface area contributed by atoms with Crippen molar-refractivity contribution in [3.8, 4) is 0 Å². The van der Waals surface area contributed by atoms with E-state index < -0.39 is 10.0 Å². The Labute approximate surface area is 141 Å². The van der Waals surface area contributed by atoms with Gasteiger partial charge in [-0.2, -0.15) is 0 Å². The SMILES string of the molecule is Cc1cc(C(=O)Nc2ccc(C)c(S(=O)(=O)N(C)C)c2)c(C)s1. The first-order valence-electron chi connectivity index (χ1n) is 7.04. The Morgan fingerprint density at radius 3 is 2.30 bits per heavy atom. The van der Waals surface area contributed by atoms with Gasteiger partial charge in [-0.3, -0.25) is 4.79 Å². The molecule has 5 nitrogen and oxygen atoms in total. The highest BCUT2D eigenvalue weighted by Gasteiger charge is 2.21. The van der Waals surface area contributed by atoms with E-state index in [0.717, 1.165) is 14.1 Å². The van der Waals surface area contributed by atoms with Crippen molar-refractivity contribution >= 4 is 33.0 Å². The molecule has 0 spiro atoms. The van der Waals surface area contributed by atoms with Gasteiger partial charge in [0.15, 0.2) is 0 Å². The van der Waals surface area contributed by atoms with Gasteiger partial charge in [0.1, 0.15) is 0 Å². The van der Waals surface area contributed by atoms with E-state index >= 15 is 0 Å². The fourth-order valence-electron chi connectivity index (χ4n) is 2.21. The summed E-state index contributed by atoms with van der Waals surface area (Å²) in [6.07, 6.45) is 0. The molecule has 0 radical (unpaired) electrons. The molecule has 0 aliphatic rings. The van der Waals surface area contributed by atoms with Crippen molar-refractivity contribution in [3.05, 3.63) is 45.1 Å². The number of amides is 1. The van der Waals surface area contributed by atoms with Crippen molar-refractivity contribution in [1.29, 1.82) is 0 Å². The summed E-state index contributed by atoms with van der Waals surface area (Å²) >= 11 is 1.56. The predicted octanol–water partition coefficient (Wildman–Crippen LogP) is 3.18. The normalized spacial score (nSPS) is 11.7. The first kappa shape index (κ1) is 17.7. The maximum absolute atomic E-state index is 12.4. The highest BCUT2D eigenvalue weighted by molar-refractivity contribution is 7.89. The zero-order chi connectivity index (χ0) is 17.4. The third-order valence-electron chi connectivity index (χ3n) is 3.49. The van der Waals surface area contributed by atoms with Crippen LogP contribution < -0.4 is 5.32 Å². The van der Waals surface area contributed by atoms with Crippen LogP contribution in [0.1, 0.15) is 25.7 Å². The lowest BCUT2D eigenvalue weighted by atomic mass is 10.2. The number of nitrogens with one attached hydrogen (secondary N) is 1. The van der Waals surface area contributed by atoms with Crippen LogP contribution in [0.3, 0.4) is 0 Å². The third-order valence-corrected chi connectivity index (χ3v) is 6.41. The number of anilines is 1. The van der Waals surface area contributed by atoms with Crippen molar-refractivity contribution in [1.82, 2.24) is 4.31 Å². The lowest BCUT2D eigenvalue weighted by molar-refractivity contribution is 0.102. The van der Waals surface area contributed by atoms with Crippen LogP contribution in [0.4, 0.5) is 5.69 Å². The van der Waals surface area contributed by atoms with Crippen LogP contribution in [-0.2, 0) is 10.0 Å². The van der Waals surface area contributed by atoms with Gasteiger partial charge in [-0.05, 0) is 44.5 Å². The molecule has 0 saturated carbocycles. The molecule has 0 atom stereocenters. The molecule has 124 valence electrons. The van der Waals surface area contributed by atoms with Crippen molar-refractivity contribution in [2.75, 3.05) is 19.4 Å². The molecule has 1 aromatic heterocycles. The summed E-state index contributed by atoms with van der Waals surface area (Å²) < 4.78 is 25.8. The Hall–Kier alpha value is -1.70. The molecule has 0 bridgehead atoms. The molecule has 0 fully saturated rings. The molecule has 23 heavy (non-hydrogen) atoms. The zero-order valence-electron chi connectivity index (χ0n) is 13.8. The third kappa shape index (κ3) is 3.63. The molecule has 0 aliphatic heterocycles. The minimum Gasteiger partial charge on any atom is -0.322 e. The second-order valence-corrected chi connectivity index (χ2v) is 9.13. The van der Waals surface area contributed by atoms with Gasteiger partial charge in [-0.15, -0.1) is 11.3 Å². The van der Waals surface area contributed by atoms with E-state index in [4.69, 9.17) is 0 Å². The van der Waals surface area contributed by atoms with E-state index in [9.17, 15) is 13.2 Å². The molecular formula is C16H20N2O3S2. The fraction of sp³-hybridized carbons (Fsp3) is 0.312. The standard InChI is InChI=1S/C16H20N2O3S2/c1-10-6-7-13(9-15(10)23(20,21)18(4)5)17-16(19)14-8-11(2)22-12(14)3/h6-9H,1-5H3,(H,17,19). The number of carbonyl (C=O) groups excluding carboxylic acids is 1. The number of sulfonamides is 1. The minimum absolute atomic E-state index is 0.193. The summed E-state index contributed by atoms with van der Waals surface area (Å²) in [7, 11) is -0.583. The van der Waals surface area contributed by atoms with Crippen LogP contribution in [0.5, 0.6) is 0 Å². The molecule has 1 amide bonds. The van der Waals surface area contributed by atoms with E-state index in [-0.39, 0.29) is 10.8 Å². The molecule has 2 rings (SSSR count). The molecule has 2 aromatic rings. The van der Waals surface area contributed by atoms with Gasteiger partial charge in [-0.25, -0.2) is 12.7 Å². The quantitative estimate of drug-likeness (QED) is 0.919. The average molecular weight is 352 g/mol. The van der Waals surface area contributed by atoms with Gasteiger partial charge in [0.05, 0.1) is 10.5 Å². The van der Waals surface area contributed by atoms with E-state index in [0.29, 0.717) is 16.8 Å². The van der Waals surface area contributed by atoms with Crippen molar-refractivity contribution < 1.29 is 13.2 Å². The number of hydrogen-bond acceptors (Lipinski definition) is 4. The minimum atomic E-state index is -3.55. The Bertz CT molecular complexity index is 852. The number of benzene rings is 1. The number of carbonyl (C=O) groups is 1. The van der Waals surface area contributed by atoms with Gasteiger partial charge < -0.3 is 5.32 Å². The average Bonchev–Trinajstić information content (AvgIpc) is 2.79. The smallest absolute Gasteiger partial charge is 0.256 e. The molecule has 0 unspecified atom stereocenters. The van der Waals surface area contributed by atoms with E-state index in [2.05, 4.69) is 5.32 Å². The molecule has 1 N–H and O–H groups in total. The fourth-order valence-corrected chi connectivity index (χ4v) is 4.27. The van der Waals surface area contributed by atoms with Gasteiger partial charge in [0.25, 0.3) is 5.91 Å². The van der Waals surface area contributed by atoms with Gasteiger partial charge >= 0.3 is 0 Å². The van der Waals surface area contributed by atoms with Crippen molar-refractivity contribution in [3.63, 3.8) is 0 Å². The van der Waals surface area contributed by atoms with Crippen LogP contribution >= 0.6 is 11.3 Å². The molecule has 0 aliphatic carbocycles. The van der Waals surface area contributed by atoms with Gasteiger partial charge in [0, 0.05) is 29.5 Å². The summed E-state index contributed by atoms with van der Waals surface area (Å²) in [6, 6.07) is 6.73. The molecule has 1 heterocycles. The summed E-state index contributed by atoms with van der Waals surface area (Å²) in [5, 5.41) is 2.78. The van der Waals surface area contributed by atoms with Crippen LogP contribution in [0.25, 0.3) is 0 Å². The highest BCUT2D eigenvalue weighted by Crippen LogP contribution is 2.25. The number of aryl methyl sites for hydroxylation is 3. The van der Waals surface area contributed by atoms with Crippen LogP contribution in [0.2, 0.25) is 0 Å². The number of hydrogen-bond donors (Lipinski definition) is 1. The second-order valence-electron chi connectivity index (χ2n) is 5.55. The lowest BCUT2D eigenvalue weighted by Crippen LogP contribution is -2.23. The summed E-state index contributed by atoms with van der Waals surface area (Å²) in [6.45, 7) is 5.57. The zero-order valence-corrected chi connectivity index (χ0v) is 15.4. The Balaban J connectivity index is 2.35. The first-order valence-corrected chi connectivity index (χ1v) is 9.30. The van der Waals surface area contributed by atoms with E-state index in [1.54, 1.807) is 30.4 Å².